The van der Waals surface area contributed by atoms with Gasteiger partial charge in [-0.25, -0.2) is 13.8 Å². The lowest BCUT2D eigenvalue weighted by Crippen LogP contribution is -2.36. The maximum Gasteiger partial charge on any atom is 0.256 e. The number of halogens is 2. The summed E-state index contributed by atoms with van der Waals surface area (Å²) in [5, 5.41) is 0. The van der Waals surface area contributed by atoms with Gasteiger partial charge in [-0.15, -0.1) is 0 Å². The Morgan fingerprint density at radius 2 is 1.83 bits per heavy atom. The van der Waals surface area contributed by atoms with Crippen LogP contribution in [0.25, 0.3) is 0 Å². The lowest BCUT2D eigenvalue weighted by molar-refractivity contribution is 0.166. The molecule has 0 amide bonds. The van der Waals surface area contributed by atoms with Gasteiger partial charge in [-0.2, -0.15) is 0 Å². The molecule has 1 aliphatic heterocycles. The van der Waals surface area contributed by atoms with Crippen LogP contribution in [0.15, 0.2) is 35.5 Å². The van der Waals surface area contributed by atoms with E-state index in [0.717, 1.165) is 32.0 Å². The van der Waals surface area contributed by atoms with Gasteiger partial charge in [0, 0.05) is 30.9 Å². The molecule has 2 aromatic rings. The van der Waals surface area contributed by atoms with Crippen molar-refractivity contribution in [2.75, 3.05) is 13.1 Å². The fraction of sp³-hybridized carbons (Fsp3) is 0.444. The zero-order valence-electron chi connectivity index (χ0n) is 13.7. The van der Waals surface area contributed by atoms with Crippen LogP contribution in [0.1, 0.15) is 24.0 Å². The minimum Gasteiger partial charge on any atom is -0.299 e. The number of nitrogens with zero attached hydrogens (tertiary/aromatic N) is 3. The van der Waals surface area contributed by atoms with E-state index in [1.165, 1.54) is 12.1 Å². The molecule has 4 nitrogen and oxygen atoms in total. The molecule has 0 bridgehead atoms. The summed E-state index contributed by atoms with van der Waals surface area (Å²) in [5.74, 6) is -0.649. The molecular formula is C18H21F2N3O. The number of likely N-dealkylation sites (tertiary alicyclic amines) is 1. The molecule has 1 aromatic heterocycles. The third-order valence-corrected chi connectivity index (χ3v) is 4.56. The van der Waals surface area contributed by atoms with Gasteiger partial charge in [0.15, 0.2) is 0 Å². The fourth-order valence-corrected chi connectivity index (χ4v) is 3.26. The van der Waals surface area contributed by atoms with E-state index in [1.807, 2.05) is 0 Å². The molecule has 1 aromatic carbocycles. The van der Waals surface area contributed by atoms with E-state index in [-0.39, 0.29) is 5.56 Å². The monoisotopic (exact) mass is 333 g/mol. The molecule has 0 radical (unpaired) electrons. The first kappa shape index (κ1) is 16.8. The fourth-order valence-electron chi connectivity index (χ4n) is 3.26. The molecule has 0 unspecified atom stereocenters. The SMILES string of the molecule is Cc1cncn(CC2CCN(Cc3cc(F)cc(F)c3)CC2)c1=O. The molecular weight excluding hydrogens is 312 g/mol. The third kappa shape index (κ3) is 4.06. The number of benzene rings is 1. The summed E-state index contributed by atoms with van der Waals surface area (Å²) in [4.78, 5) is 18.3. The molecule has 1 saturated heterocycles. The third-order valence-electron chi connectivity index (χ3n) is 4.56. The lowest BCUT2D eigenvalue weighted by atomic mass is 9.96. The summed E-state index contributed by atoms with van der Waals surface area (Å²) in [6, 6.07) is 3.66. The predicted molar refractivity (Wildman–Crippen MR) is 87.6 cm³/mol. The summed E-state index contributed by atoms with van der Waals surface area (Å²) in [7, 11) is 0. The number of aryl methyl sites for hydroxylation is 1. The van der Waals surface area contributed by atoms with E-state index < -0.39 is 11.6 Å². The van der Waals surface area contributed by atoms with E-state index in [9.17, 15) is 13.6 Å². The topological polar surface area (TPSA) is 38.1 Å². The van der Waals surface area contributed by atoms with E-state index in [4.69, 9.17) is 0 Å². The molecule has 3 rings (SSSR count). The van der Waals surface area contributed by atoms with Gasteiger partial charge in [-0.1, -0.05) is 0 Å². The Morgan fingerprint density at radius 3 is 2.50 bits per heavy atom. The highest BCUT2D eigenvalue weighted by Crippen LogP contribution is 2.21. The summed E-state index contributed by atoms with van der Waals surface area (Å²) < 4.78 is 28.2. The number of rotatable bonds is 4. The van der Waals surface area contributed by atoms with Crippen molar-refractivity contribution in [3.8, 4) is 0 Å². The predicted octanol–water partition coefficient (Wildman–Crippen LogP) is 2.74. The number of piperidine rings is 1. The standard InChI is InChI=1S/C18H21F2N3O/c1-13-9-21-12-23(18(13)24)11-14-2-4-22(5-3-14)10-15-6-16(19)8-17(20)7-15/h6-9,12,14H,2-5,10-11H2,1H3. The van der Waals surface area contributed by atoms with Gasteiger partial charge >= 0.3 is 0 Å². The Kier molecular flexibility index (Phi) is 5.04. The van der Waals surface area contributed by atoms with Crippen molar-refractivity contribution in [2.45, 2.75) is 32.9 Å². The zero-order valence-corrected chi connectivity index (χ0v) is 13.7. The van der Waals surface area contributed by atoms with Gasteiger partial charge in [0.25, 0.3) is 5.56 Å². The Morgan fingerprint density at radius 1 is 1.17 bits per heavy atom. The van der Waals surface area contributed by atoms with Crippen LogP contribution in [0.4, 0.5) is 8.78 Å². The molecule has 0 aliphatic carbocycles. The Balaban J connectivity index is 1.56. The van der Waals surface area contributed by atoms with Gasteiger partial charge < -0.3 is 0 Å². The van der Waals surface area contributed by atoms with Crippen molar-refractivity contribution in [3.05, 3.63) is 63.8 Å². The highest BCUT2D eigenvalue weighted by molar-refractivity contribution is 5.17. The van der Waals surface area contributed by atoms with Crippen LogP contribution in [0.5, 0.6) is 0 Å². The van der Waals surface area contributed by atoms with Crippen LogP contribution in [0, 0.1) is 24.5 Å². The summed E-state index contributed by atoms with van der Waals surface area (Å²) in [6.07, 6.45) is 5.09. The van der Waals surface area contributed by atoms with Gasteiger partial charge in [0.2, 0.25) is 0 Å². The minimum absolute atomic E-state index is 0.0164. The molecule has 128 valence electrons. The quantitative estimate of drug-likeness (QED) is 0.863. The second-order valence-electron chi connectivity index (χ2n) is 6.53. The maximum absolute atomic E-state index is 13.3. The van der Waals surface area contributed by atoms with Crippen molar-refractivity contribution in [2.24, 2.45) is 5.92 Å². The van der Waals surface area contributed by atoms with Crippen molar-refractivity contribution in [1.29, 1.82) is 0 Å². The summed E-state index contributed by atoms with van der Waals surface area (Å²) >= 11 is 0. The van der Waals surface area contributed by atoms with Crippen LogP contribution in [-0.2, 0) is 13.1 Å². The van der Waals surface area contributed by atoms with Crippen molar-refractivity contribution in [3.63, 3.8) is 0 Å². The second kappa shape index (κ2) is 7.21. The van der Waals surface area contributed by atoms with E-state index in [0.29, 0.717) is 30.1 Å². The van der Waals surface area contributed by atoms with Crippen LogP contribution in [0.2, 0.25) is 0 Å². The number of hydrogen-bond donors (Lipinski definition) is 0. The summed E-state index contributed by atoms with van der Waals surface area (Å²) in [6.45, 7) is 4.71. The largest absolute Gasteiger partial charge is 0.299 e. The van der Waals surface area contributed by atoms with E-state index >= 15 is 0 Å². The van der Waals surface area contributed by atoms with E-state index in [1.54, 1.807) is 24.0 Å². The Bertz CT molecular complexity index is 747. The minimum atomic E-state index is -0.536. The van der Waals surface area contributed by atoms with Gasteiger partial charge in [-0.3, -0.25) is 14.3 Å². The molecule has 0 atom stereocenters. The molecule has 1 fully saturated rings. The first-order valence-electron chi connectivity index (χ1n) is 8.19. The average Bonchev–Trinajstić information content (AvgIpc) is 2.53. The molecule has 1 aliphatic rings. The maximum atomic E-state index is 13.3. The Labute approximate surface area is 139 Å². The highest BCUT2D eigenvalue weighted by Gasteiger charge is 2.20. The van der Waals surface area contributed by atoms with Crippen LogP contribution in [-0.4, -0.2) is 27.5 Å². The van der Waals surface area contributed by atoms with Crippen molar-refractivity contribution < 1.29 is 8.78 Å². The average molecular weight is 333 g/mol. The molecule has 0 saturated carbocycles. The number of aromatic nitrogens is 2. The molecule has 24 heavy (non-hydrogen) atoms. The zero-order chi connectivity index (χ0) is 17.1. The second-order valence-corrected chi connectivity index (χ2v) is 6.53. The van der Waals surface area contributed by atoms with Crippen LogP contribution >= 0.6 is 0 Å². The van der Waals surface area contributed by atoms with Crippen molar-refractivity contribution in [1.82, 2.24) is 14.5 Å². The normalized spacial score (nSPS) is 16.5. The van der Waals surface area contributed by atoms with Crippen molar-refractivity contribution >= 4 is 0 Å². The molecule has 0 spiro atoms. The summed E-state index contributed by atoms with van der Waals surface area (Å²) in [5.41, 5.74) is 1.33. The van der Waals surface area contributed by atoms with Gasteiger partial charge in [-0.05, 0) is 56.5 Å². The molecule has 2 heterocycles. The highest BCUT2D eigenvalue weighted by atomic mass is 19.1. The first-order valence-corrected chi connectivity index (χ1v) is 8.19. The lowest BCUT2D eigenvalue weighted by Gasteiger charge is -2.32. The molecule has 0 N–H and O–H groups in total. The number of hydrogen-bond acceptors (Lipinski definition) is 3. The Hall–Kier alpha value is -2.08. The van der Waals surface area contributed by atoms with Gasteiger partial charge in [0.05, 0.1) is 6.33 Å². The van der Waals surface area contributed by atoms with Gasteiger partial charge in [0.1, 0.15) is 11.6 Å². The first-order chi connectivity index (χ1) is 11.5. The smallest absolute Gasteiger partial charge is 0.256 e. The molecule has 6 heteroatoms. The van der Waals surface area contributed by atoms with E-state index in [2.05, 4.69) is 9.88 Å². The van der Waals surface area contributed by atoms with Crippen LogP contribution < -0.4 is 5.56 Å². The van der Waals surface area contributed by atoms with Crippen LogP contribution in [0.3, 0.4) is 0 Å².